The fourth-order valence-electron chi connectivity index (χ4n) is 1.31. The molecule has 0 unspecified atom stereocenters. The van der Waals surface area contributed by atoms with Crippen molar-refractivity contribution in [2.75, 3.05) is 5.32 Å². The summed E-state index contributed by atoms with van der Waals surface area (Å²) in [7, 11) is 0. The van der Waals surface area contributed by atoms with Crippen LogP contribution in [0.25, 0.3) is 0 Å². The van der Waals surface area contributed by atoms with Gasteiger partial charge in [0.05, 0.1) is 6.54 Å². The highest BCUT2D eigenvalue weighted by atomic mass is 32.1. The summed E-state index contributed by atoms with van der Waals surface area (Å²) in [6, 6.07) is 1.92. The molecule has 0 spiro atoms. The first-order chi connectivity index (χ1) is 7.78. The third-order valence-electron chi connectivity index (χ3n) is 2.17. The van der Waals surface area contributed by atoms with Gasteiger partial charge in [0.1, 0.15) is 17.2 Å². The number of thiazole rings is 1. The average Bonchev–Trinajstić information content (AvgIpc) is 2.74. The van der Waals surface area contributed by atoms with Gasteiger partial charge in [0, 0.05) is 22.8 Å². The van der Waals surface area contributed by atoms with Gasteiger partial charge in [-0.15, -0.1) is 11.3 Å². The standard InChI is InChI=1S/C11H14N4S/c1-3-9-5-13-11(16-9)6-12-10-4-8(2)14-7-15-10/h4-5,7H,3,6H2,1-2H3,(H,12,14,15). The molecule has 0 radical (unpaired) electrons. The van der Waals surface area contributed by atoms with Crippen LogP contribution >= 0.6 is 11.3 Å². The van der Waals surface area contributed by atoms with E-state index in [4.69, 9.17) is 0 Å². The van der Waals surface area contributed by atoms with Gasteiger partial charge < -0.3 is 5.32 Å². The molecule has 0 aliphatic rings. The molecule has 2 aromatic heterocycles. The minimum absolute atomic E-state index is 0.723. The zero-order valence-corrected chi connectivity index (χ0v) is 10.2. The van der Waals surface area contributed by atoms with Crippen LogP contribution in [0.2, 0.25) is 0 Å². The van der Waals surface area contributed by atoms with Crippen molar-refractivity contribution in [2.24, 2.45) is 0 Å². The number of aromatic nitrogens is 3. The van der Waals surface area contributed by atoms with E-state index in [1.165, 1.54) is 4.88 Å². The topological polar surface area (TPSA) is 50.7 Å². The predicted molar refractivity (Wildman–Crippen MR) is 65.6 cm³/mol. The molecule has 0 saturated heterocycles. The van der Waals surface area contributed by atoms with Crippen molar-refractivity contribution in [3.63, 3.8) is 0 Å². The molecule has 84 valence electrons. The van der Waals surface area contributed by atoms with Crippen LogP contribution in [0.5, 0.6) is 0 Å². The van der Waals surface area contributed by atoms with Crippen molar-refractivity contribution in [2.45, 2.75) is 26.8 Å². The normalized spacial score (nSPS) is 10.4. The fourth-order valence-corrected chi connectivity index (χ4v) is 2.11. The molecule has 0 bridgehead atoms. The lowest BCUT2D eigenvalue weighted by atomic mass is 10.4. The molecule has 4 nitrogen and oxygen atoms in total. The molecule has 0 aromatic carbocycles. The van der Waals surface area contributed by atoms with E-state index in [0.717, 1.165) is 29.5 Å². The molecule has 1 N–H and O–H groups in total. The molecular weight excluding hydrogens is 220 g/mol. The second-order valence-electron chi connectivity index (χ2n) is 3.47. The zero-order chi connectivity index (χ0) is 11.4. The Hall–Kier alpha value is -1.49. The molecule has 2 aromatic rings. The lowest BCUT2D eigenvalue weighted by Crippen LogP contribution is -2.01. The molecule has 0 aliphatic carbocycles. The number of aryl methyl sites for hydroxylation is 2. The number of nitrogens with one attached hydrogen (secondary N) is 1. The van der Waals surface area contributed by atoms with Crippen LogP contribution in [0, 0.1) is 6.92 Å². The summed E-state index contributed by atoms with van der Waals surface area (Å²) < 4.78 is 0. The Morgan fingerprint density at radius 1 is 1.31 bits per heavy atom. The van der Waals surface area contributed by atoms with Crippen LogP contribution in [0.15, 0.2) is 18.6 Å². The third kappa shape index (κ3) is 2.76. The van der Waals surface area contributed by atoms with Gasteiger partial charge >= 0.3 is 0 Å². The molecular formula is C11H14N4S. The minimum atomic E-state index is 0.723. The first-order valence-corrected chi connectivity index (χ1v) is 6.05. The van der Waals surface area contributed by atoms with Crippen molar-refractivity contribution in [3.8, 4) is 0 Å². The zero-order valence-electron chi connectivity index (χ0n) is 9.40. The summed E-state index contributed by atoms with van der Waals surface area (Å²) in [6.45, 7) is 4.81. The third-order valence-corrected chi connectivity index (χ3v) is 3.32. The van der Waals surface area contributed by atoms with Gasteiger partial charge in [-0.1, -0.05) is 6.92 Å². The SMILES string of the molecule is CCc1cnc(CNc2cc(C)ncn2)s1. The van der Waals surface area contributed by atoms with E-state index < -0.39 is 0 Å². The van der Waals surface area contributed by atoms with Crippen molar-refractivity contribution in [1.82, 2.24) is 15.0 Å². The molecule has 0 aliphatic heterocycles. The maximum Gasteiger partial charge on any atom is 0.129 e. The molecule has 2 rings (SSSR count). The summed E-state index contributed by atoms with van der Waals surface area (Å²) in [4.78, 5) is 13.8. The second-order valence-corrected chi connectivity index (χ2v) is 4.67. The highest BCUT2D eigenvalue weighted by Gasteiger charge is 2.01. The number of rotatable bonds is 4. The minimum Gasteiger partial charge on any atom is -0.363 e. The van der Waals surface area contributed by atoms with Gasteiger partial charge in [-0.05, 0) is 13.3 Å². The van der Waals surface area contributed by atoms with Gasteiger partial charge in [0.2, 0.25) is 0 Å². The van der Waals surface area contributed by atoms with Crippen molar-refractivity contribution in [1.29, 1.82) is 0 Å². The maximum absolute atomic E-state index is 4.34. The monoisotopic (exact) mass is 234 g/mol. The Morgan fingerprint density at radius 3 is 2.88 bits per heavy atom. The highest BCUT2D eigenvalue weighted by molar-refractivity contribution is 7.11. The Morgan fingerprint density at radius 2 is 2.19 bits per heavy atom. The van der Waals surface area contributed by atoms with Crippen LogP contribution in [-0.4, -0.2) is 15.0 Å². The summed E-state index contributed by atoms with van der Waals surface area (Å²) >= 11 is 1.74. The van der Waals surface area contributed by atoms with Crippen LogP contribution in [0.1, 0.15) is 22.5 Å². The molecule has 0 amide bonds. The first-order valence-electron chi connectivity index (χ1n) is 5.24. The predicted octanol–water partition coefficient (Wildman–Crippen LogP) is 2.42. The Labute approximate surface area is 98.8 Å². The van der Waals surface area contributed by atoms with Crippen LogP contribution in [0.4, 0.5) is 5.82 Å². The fraction of sp³-hybridized carbons (Fsp3) is 0.364. The lowest BCUT2D eigenvalue weighted by Gasteiger charge is -2.02. The van der Waals surface area contributed by atoms with Crippen LogP contribution < -0.4 is 5.32 Å². The molecule has 0 atom stereocenters. The average molecular weight is 234 g/mol. The van der Waals surface area contributed by atoms with Crippen molar-refractivity contribution < 1.29 is 0 Å². The van der Waals surface area contributed by atoms with E-state index in [1.54, 1.807) is 17.7 Å². The van der Waals surface area contributed by atoms with E-state index in [-0.39, 0.29) is 0 Å². The quantitative estimate of drug-likeness (QED) is 0.882. The lowest BCUT2D eigenvalue weighted by molar-refractivity contribution is 1.04. The number of anilines is 1. The van der Waals surface area contributed by atoms with E-state index in [2.05, 4.69) is 27.2 Å². The molecule has 5 heteroatoms. The summed E-state index contributed by atoms with van der Waals surface area (Å²) in [5, 5.41) is 4.33. The Balaban J connectivity index is 1.96. The Bertz CT molecular complexity index is 467. The summed E-state index contributed by atoms with van der Waals surface area (Å²) in [5.41, 5.74) is 0.964. The number of hydrogen-bond donors (Lipinski definition) is 1. The first kappa shape index (κ1) is 11.0. The van der Waals surface area contributed by atoms with E-state index in [9.17, 15) is 0 Å². The molecule has 0 saturated carbocycles. The summed E-state index contributed by atoms with van der Waals surface area (Å²) in [6.07, 6.45) is 4.55. The van der Waals surface area contributed by atoms with Crippen molar-refractivity contribution >= 4 is 17.2 Å². The van der Waals surface area contributed by atoms with Gasteiger partial charge in [0.15, 0.2) is 0 Å². The van der Waals surface area contributed by atoms with Gasteiger partial charge in [-0.2, -0.15) is 0 Å². The molecule has 16 heavy (non-hydrogen) atoms. The van der Waals surface area contributed by atoms with Crippen LogP contribution in [-0.2, 0) is 13.0 Å². The summed E-state index contributed by atoms with van der Waals surface area (Å²) in [5.74, 6) is 0.848. The highest BCUT2D eigenvalue weighted by Crippen LogP contribution is 2.14. The van der Waals surface area contributed by atoms with Crippen molar-refractivity contribution in [3.05, 3.63) is 34.2 Å². The Kier molecular flexibility index (Phi) is 3.46. The van der Waals surface area contributed by atoms with Gasteiger partial charge in [-0.25, -0.2) is 15.0 Å². The van der Waals surface area contributed by atoms with Gasteiger partial charge in [-0.3, -0.25) is 0 Å². The largest absolute Gasteiger partial charge is 0.363 e. The van der Waals surface area contributed by atoms with E-state index in [0.29, 0.717) is 0 Å². The smallest absolute Gasteiger partial charge is 0.129 e. The maximum atomic E-state index is 4.34. The number of hydrogen-bond acceptors (Lipinski definition) is 5. The second kappa shape index (κ2) is 5.03. The van der Waals surface area contributed by atoms with E-state index in [1.807, 2.05) is 19.2 Å². The number of nitrogens with zero attached hydrogens (tertiary/aromatic N) is 3. The molecule has 0 fully saturated rings. The van der Waals surface area contributed by atoms with E-state index >= 15 is 0 Å². The van der Waals surface area contributed by atoms with Crippen LogP contribution in [0.3, 0.4) is 0 Å². The van der Waals surface area contributed by atoms with Gasteiger partial charge in [0.25, 0.3) is 0 Å². The molecule has 2 heterocycles.